The molecule has 1 fully saturated rings. The lowest BCUT2D eigenvalue weighted by Crippen LogP contribution is -2.47. The van der Waals surface area contributed by atoms with E-state index in [2.05, 4.69) is 27.6 Å². The largest absolute Gasteiger partial charge is 0.334 e. The highest BCUT2D eigenvalue weighted by Crippen LogP contribution is 2.06. The maximum absolute atomic E-state index is 11.6. The van der Waals surface area contributed by atoms with Gasteiger partial charge in [0.1, 0.15) is 0 Å². The molecule has 2 aliphatic rings. The number of likely N-dealkylation sites (N-methyl/N-ethyl adjacent to an activating group) is 1. The molecule has 0 spiro atoms. The molecule has 2 heterocycles. The predicted octanol–water partition coefficient (Wildman–Crippen LogP) is 0.347. The molecular formula is C11H18N4O. The van der Waals surface area contributed by atoms with E-state index in [1.807, 2.05) is 6.08 Å². The third-order valence-corrected chi connectivity index (χ3v) is 2.89. The van der Waals surface area contributed by atoms with E-state index in [0.29, 0.717) is 0 Å². The molecule has 0 saturated carbocycles. The van der Waals surface area contributed by atoms with E-state index in [9.17, 15) is 4.79 Å². The molecule has 5 nitrogen and oxygen atoms in total. The Labute approximate surface area is 95.6 Å². The lowest BCUT2D eigenvalue weighted by molar-refractivity contribution is 0.235. The van der Waals surface area contributed by atoms with Gasteiger partial charge in [0, 0.05) is 25.0 Å². The standard InChI is InChI=1S/C11H18N4O/c1-15-6-4-10(8-15)14-11(16)13-9-3-2-5-12-7-9/h2,5,7,9-10H,3-4,6,8H2,1H3,(H2,13,14,16)/t9?,10-/m1/s1. The first kappa shape index (κ1) is 11.1. The average molecular weight is 222 g/mol. The Hall–Kier alpha value is -1.36. The maximum Gasteiger partial charge on any atom is 0.315 e. The van der Waals surface area contributed by atoms with Crippen LogP contribution in [0.5, 0.6) is 0 Å². The Morgan fingerprint density at radius 1 is 1.50 bits per heavy atom. The smallest absolute Gasteiger partial charge is 0.315 e. The van der Waals surface area contributed by atoms with Crippen LogP contribution in [0.1, 0.15) is 12.8 Å². The minimum atomic E-state index is -0.0907. The number of carbonyl (C=O) groups excluding carboxylic acids is 1. The maximum atomic E-state index is 11.6. The summed E-state index contributed by atoms with van der Waals surface area (Å²) in [5.74, 6) is 0. The van der Waals surface area contributed by atoms with Crippen LogP contribution in [0.25, 0.3) is 0 Å². The molecule has 5 heteroatoms. The van der Waals surface area contributed by atoms with Gasteiger partial charge in [-0.3, -0.25) is 4.99 Å². The van der Waals surface area contributed by atoms with Crippen molar-refractivity contribution in [2.24, 2.45) is 4.99 Å². The van der Waals surface area contributed by atoms with Gasteiger partial charge in [0.05, 0.1) is 6.04 Å². The van der Waals surface area contributed by atoms with Crippen molar-refractivity contribution in [1.82, 2.24) is 15.5 Å². The van der Waals surface area contributed by atoms with Crippen LogP contribution < -0.4 is 10.6 Å². The van der Waals surface area contributed by atoms with Crippen molar-refractivity contribution < 1.29 is 4.79 Å². The van der Waals surface area contributed by atoms with Crippen LogP contribution in [0, 0.1) is 0 Å². The van der Waals surface area contributed by atoms with Crippen LogP contribution in [0.2, 0.25) is 0 Å². The molecule has 2 N–H and O–H groups in total. The Balaban J connectivity index is 1.72. The number of rotatable bonds is 2. The molecule has 0 aromatic heterocycles. The van der Waals surface area contributed by atoms with Crippen LogP contribution >= 0.6 is 0 Å². The minimum absolute atomic E-state index is 0.0316. The molecular weight excluding hydrogens is 204 g/mol. The number of nitrogens with zero attached hydrogens (tertiary/aromatic N) is 2. The normalized spacial score (nSPS) is 29.3. The van der Waals surface area contributed by atoms with Gasteiger partial charge in [-0.2, -0.15) is 0 Å². The molecule has 0 aliphatic carbocycles. The second kappa shape index (κ2) is 5.12. The minimum Gasteiger partial charge on any atom is -0.334 e. The number of urea groups is 1. The number of aliphatic imine (C=N–C) groups is 1. The van der Waals surface area contributed by atoms with Crippen LogP contribution in [-0.4, -0.2) is 49.4 Å². The molecule has 2 rings (SSSR count). The number of carbonyl (C=O) groups is 1. The fraction of sp³-hybridized carbons (Fsp3) is 0.636. The van der Waals surface area contributed by atoms with E-state index in [-0.39, 0.29) is 18.1 Å². The molecule has 0 bridgehead atoms. The monoisotopic (exact) mass is 222 g/mol. The first-order valence-electron chi connectivity index (χ1n) is 5.68. The van der Waals surface area contributed by atoms with E-state index in [4.69, 9.17) is 0 Å². The van der Waals surface area contributed by atoms with Gasteiger partial charge in [-0.25, -0.2) is 4.79 Å². The zero-order valence-electron chi connectivity index (χ0n) is 9.52. The van der Waals surface area contributed by atoms with Crippen molar-refractivity contribution >= 4 is 12.2 Å². The summed E-state index contributed by atoms with van der Waals surface area (Å²) in [4.78, 5) is 17.9. The summed E-state index contributed by atoms with van der Waals surface area (Å²) in [5, 5.41) is 5.87. The van der Waals surface area contributed by atoms with E-state index in [1.165, 1.54) is 0 Å². The molecule has 1 saturated heterocycles. The summed E-state index contributed by atoms with van der Waals surface area (Å²) < 4.78 is 0. The quantitative estimate of drug-likeness (QED) is 0.708. The predicted molar refractivity (Wildman–Crippen MR) is 63.6 cm³/mol. The average Bonchev–Trinajstić information content (AvgIpc) is 2.65. The lowest BCUT2D eigenvalue weighted by Gasteiger charge is -2.18. The number of amides is 2. The SMILES string of the molecule is CN1CC[C@@H](NC(=O)NC2C=NC=CC2)C1. The molecule has 2 aliphatic heterocycles. The van der Waals surface area contributed by atoms with Gasteiger partial charge >= 0.3 is 6.03 Å². The summed E-state index contributed by atoms with van der Waals surface area (Å²) >= 11 is 0. The summed E-state index contributed by atoms with van der Waals surface area (Å²) in [7, 11) is 2.07. The fourth-order valence-electron chi connectivity index (χ4n) is 2.03. The molecule has 0 aromatic rings. The number of hydrogen-bond acceptors (Lipinski definition) is 3. The third-order valence-electron chi connectivity index (χ3n) is 2.89. The highest BCUT2D eigenvalue weighted by molar-refractivity contribution is 5.80. The second-order valence-corrected chi connectivity index (χ2v) is 4.39. The van der Waals surface area contributed by atoms with E-state index >= 15 is 0 Å². The Bertz CT molecular complexity index is 313. The molecule has 2 amide bonds. The van der Waals surface area contributed by atoms with Gasteiger partial charge in [0.15, 0.2) is 0 Å². The number of hydrogen-bond donors (Lipinski definition) is 2. The van der Waals surface area contributed by atoms with Crippen LogP contribution in [-0.2, 0) is 0 Å². The van der Waals surface area contributed by atoms with Gasteiger partial charge in [0.25, 0.3) is 0 Å². The Kier molecular flexibility index (Phi) is 3.56. The molecule has 0 radical (unpaired) electrons. The topological polar surface area (TPSA) is 56.7 Å². The molecule has 0 aromatic carbocycles. The second-order valence-electron chi connectivity index (χ2n) is 4.39. The van der Waals surface area contributed by atoms with Crippen molar-refractivity contribution in [1.29, 1.82) is 0 Å². The third kappa shape index (κ3) is 3.06. The van der Waals surface area contributed by atoms with Gasteiger partial charge in [0.2, 0.25) is 0 Å². The summed E-state index contributed by atoms with van der Waals surface area (Å²) in [5.41, 5.74) is 0. The van der Waals surface area contributed by atoms with Crippen molar-refractivity contribution in [2.75, 3.05) is 20.1 Å². The molecule has 16 heavy (non-hydrogen) atoms. The Morgan fingerprint density at radius 2 is 2.38 bits per heavy atom. The van der Waals surface area contributed by atoms with Crippen molar-refractivity contribution in [3.8, 4) is 0 Å². The Morgan fingerprint density at radius 3 is 3.00 bits per heavy atom. The van der Waals surface area contributed by atoms with Crippen molar-refractivity contribution in [2.45, 2.75) is 24.9 Å². The first-order valence-corrected chi connectivity index (χ1v) is 5.68. The molecule has 88 valence electrons. The molecule has 2 atom stereocenters. The summed E-state index contributed by atoms with van der Waals surface area (Å²) in [6.07, 6.45) is 7.32. The first-order chi connectivity index (χ1) is 7.74. The summed E-state index contributed by atoms with van der Waals surface area (Å²) in [6, 6.07) is 0.220. The van der Waals surface area contributed by atoms with Crippen molar-refractivity contribution in [3.05, 3.63) is 12.3 Å². The molecule has 1 unspecified atom stereocenters. The zero-order valence-corrected chi connectivity index (χ0v) is 9.52. The fourth-order valence-corrected chi connectivity index (χ4v) is 2.03. The highest BCUT2D eigenvalue weighted by Gasteiger charge is 2.21. The number of nitrogens with one attached hydrogen (secondary N) is 2. The van der Waals surface area contributed by atoms with E-state index in [1.54, 1.807) is 12.4 Å². The van der Waals surface area contributed by atoms with Gasteiger partial charge in [-0.05, 0) is 26.4 Å². The van der Waals surface area contributed by atoms with Crippen LogP contribution in [0.15, 0.2) is 17.3 Å². The zero-order chi connectivity index (χ0) is 11.4. The highest BCUT2D eigenvalue weighted by atomic mass is 16.2. The lowest BCUT2D eigenvalue weighted by atomic mass is 10.2. The van der Waals surface area contributed by atoms with Gasteiger partial charge < -0.3 is 15.5 Å². The van der Waals surface area contributed by atoms with Gasteiger partial charge in [-0.1, -0.05) is 6.08 Å². The number of likely N-dealkylation sites (tertiary alicyclic amines) is 1. The van der Waals surface area contributed by atoms with Crippen LogP contribution in [0.4, 0.5) is 4.79 Å². The van der Waals surface area contributed by atoms with Crippen LogP contribution in [0.3, 0.4) is 0 Å². The van der Waals surface area contributed by atoms with Gasteiger partial charge in [-0.15, -0.1) is 0 Å². The summed E-state index contributed by atoms with van der Waals surface area (Å²) in [6.45, 7) is 1.99. The van der Waals surface area contributed by atoms with Crippen molar-refractivity contribution in [3.63, 3.8) is 0 Å². The van der Waals surface area contributed by atoms with E-state index < -0.39 is 0 Å². The van der Waals surface area contributed by atoms with E-state index in [0.717, 1.165) is 25.9 Å².